The van der Waals surface area contributed by atoms with Crippen molar-refractivity contribution in [1.29, 1.82) is 0 Å². The molecule has 0 aromatic carbocycles. The maximum absolute atomic E-state index is 10.1. The van der Waals surface area contributed by atoms with Crippen molar-refractivity contribution in [3.05, 3.63) is 35.2 Å². The molecule has 0 radical (unpaired) electrons. The second-order valence-corrected chi connectivity index (χ2v) is 6.44. The molecule has 21 heavy (non-hydrogen) atoms. The zero-order valence-corrected chi connectivity index (χ0v) is 13.1. The molecular weight excluding hydrogens is 286 g/mol. The summed E-state index contributed by atoms with van der Waals surface area (Å²) in [6, 6.07) is 5.91. The Bertz CT molecular complexity index is 613. The van der Waals surface area contributed by atoms with E-state index in [2.05, 4.69) is 16.9 Å². The number of aromatic nitrogens is 2. The molecule has 0 aliphatic heterocycles. The van der Waals surface area contributed by atoms with Crippen LogP contribution in [0.1, 0.15) is 31.4 Å². The minimum absolute atomic E-state index is 0.154. The van der Waals surface area contributed by atoms with Gasteiger partial charge in [-0.3, -0.25) is 0 Å². The second-order valence-electron chi connectivity index (χ2n) is 6.09. The number of aliphatic hydroxyl groups excluding tert-OH is 1. The lowest BCUT2D eigenvalue weighted by molar-refractivity contribution is 0.0499. The van der Waals surface area contributed by atoms with Gasteiger partial charge < -0.3 is 14.4 Å². The first-order chi connectivity index (χ1) is 10.1. The molecule has 2 aromatic heterocycles. The molecule has 0 spiro atoms. The van der Waals surface area contributed by atoms with E-state index in [1.807, 2.05) is 28.8 Å². The Balaban J connectivity index is 1.71. The van der Waals surface area contributed by atoms with Gasteiger partial charge in [-0.2, -0.15) is 0 Å². The van der Waals surface area contributed by atoms with Gasteiger partial charge in [-0.25, -0.2) is 4.98 Å². The number of halogens is 1. The Morgan fingerprint density at radius 3 is 3.00 bits per heavy atom. The number of nitrogens with zero attached hydrogens (tertiary/aromatic N) is 3. The molecule has 0 bridgehead atoms. The first kappa shape index (κ1) is 14.8. The molecule has 2 unspecified atom stereocenters. The normalized spacial score (nSPS) is 23.0. The number of hydrogen-bond acceptors (Lipinski definition) is 3. The van der Waals surface area contributed by atoms with E-state index in [0.717, 1.165) is 43.7 Å². The highest BCUT2D eigenvalue weighted by atomic mass is 35.5. The largest absolute Gasteiger partial charge is 0.393 e. The first-order valence-corrected chi connectivity index (χ1v) is 8.01. The zero-order chi connectivity index (χ0) is 14.8. The van der Waals surface area contributed by atoms with Crippen LogP contribution >= 0.6 is 11.6 Å². The van der Waals surface area contributed by atoms with Crippen LogP contribution in [-0.4, -0.2) is 39.1 Å². The molecule has 0 saturated heterocycles. The van der Waals surface area contributed by atoms with E-state index >= 15 is 0 Å². The fourth-order valence-corrected chi connectivity index (χ4v) is 3.52. The van der Waals surface area contributed by atoms with Crippen molar-refractivity contribution >= 4 is 17.2 Å². The molecule has 1 N–H and O–H groups in total. The highest BCUT2D eigenvalue weighted by molar-refractivity contribution is 6.30. The van der Waals surface area contributed by atoms with Gasteiger partial charge >= 0.3 is 0 Å². The van der Waals surface area contributed by atoms with Crippen LogP contribution in [-0.2, 0) is 6.54 Å². The molecule has 114 valence electrons. The number of aliphatic hydroxyl groups is 1. The van der Waals surface area contributed by atoms with E-state index in [0.29, 0.717) is 11.1 Å². The van der Waals surface area contributed by atoms with E-state index in [4.69, 9.17) is 11.6 Å². The summed E-state index contributed by atoms with van der Waals surface area (Å²) in [5.74, 6) is 0.377. The zero-order valence-electron chi connectivity index (χ0n) is 12.4. The van der Waals surface area contributed by atoms with Crippen LogP contribution in [0, 0.1) is 5.92 Å². The monoisotopic (exact) mass is 307 g/mol. The van der Waals surface area contributed by atoms with Crippen LogP contribution in [0.4, 0.5) is 0 Å². The van der Waals surface area contributed by atoms with Gasteiger partial charge in [-0.05, 0) is 37.9 Å². The minimum atomic E-state index is -0.154. The highest BCUT2D eigenvalue weighted by Gasteiger charge is 2.24. The van der Waals surface area contributed by atoms with Crippen LogP contribution in [0.25, 0.3) is 5.65 Å². The fraction of sp³-hybridized carbons (Fsp3) is 0.562. The van der Waals surface area contributed by atoms with Gasteiger partial charge in [0, 0.05) is 19.3 Å². The predicted octanol–water partition coefficient (Wildman–Crippen LogP) is 2.97. The lowest BCUT2D eigenvalue weighted by Crippen LogP contribution is -2.35. The van der Waals surface area contributed by atoms with Crippen molar-refractivity contribution in [2.24, 2.45) is 5.92 Å². The Labute approximate surface area is 130 Å². The van der Waals surface area contributed by atoms with Crippen molar-refractivity contribution in [2.45, 2.75) is 38.3 Å². The maximum Gasteiger partial charge on any atom is 0.152 e. The topological polar surface area (TPSA) is 40.8 Å². The number of imidazole rings is 1. The van der Waals surface area contributed by atoms with Gasteiger partial charge in [0.05, 0.1) is 11.8 Å². The smallest absolute Gasteiger partial charge is 0.152 e. The van der Waals surface area contributed by atoms with E-state index in [1.54, 1.807) is 0 Å². The van der Waals surface area contributed by atoms with Crippen LogP contribution in [0.15, 0.2) is 24.4 Å². The van der Waals surface area contributed by atoms with Crippen molar-refractivity contribution in [2.75, 3.05) is 13.6 Å². The second kappa shape index (κ2) is 6.34. The standard InChI is InChI=1S/C16H22ClN3O/c1-19(10-12-6-2-3-7-14(12)21)11-13-16(17)18-15-8-4-5-9-20(13)15/h4-5,8-9,12,14,21H,2-3,6-7,10-11H2,1H3. The Hall–Kier alpha value is -1.10. The molecule has 2 atom stereocenters. The summed E-state index contributed by atoms with van der Waals surface area (Å²) in [7, 11) is 2.08. The highest BCUT2D eigenvalue weighted by Crippen LogP contribution is 2.26. The molecule has 1 aliphatic carbocycles. The summed E-state index contributed by atoms with van der Waals surface area (Å²) in [5, 5.41) is 10.7. The molecule has 5 heteroatoms. The van der Waals surface area contributed by atoms with E-state index in [9.17, 15) is 5.11 Å². The van der Waals surface area contributed by atoms with Gasteiger partial charge in [0.25, 0.3) is 0 Å². The Morgan fingerprint density at radius 1 is 1.38 bits per heavy atom. The third-order valence-electron chi connectivity index (χ3n) is 4.41. The summed E-state index contributed by atoms with van der Waals surface area (Å²) in [6.07, 6.45) is 6.28. The average molecular weight is 308 g/mol. The molecule has 1 fully saturated rings. The van der Waals surface area contributed by atoms with Gasteiger partial charge in [0.15, 0.2) is 5.15 Å². The molecule has 4 nitrogen and oxygen atoms in total. The van der Waals surface area contributed by atoms with Crippen LogP contribution < -0.4 is 0 Å². The Kier molecular flexibility index (Phi) is 4.48. The minimum Gasteiger partial charge on any atom is -0.393 e. The van der Waals surface area contributed by atoms with Crippen LogP contribution in [0.2, 0.25) is 5.15 Å². The van der Waals surface area contributed by atoms with Crippen LogP contribution in [0.3, 0.4) is 0 Å². The van der Waals surface area contributed by atoms with Crippen molar-refractivity contribution in [1.82, 2.24) is 14.3 Å². The van der Waals surface area contributed by atoms with Crippen molar-refractivity contribution in [3.63, 3.8) is 0 Å². The lowest BCUT2D eigenvalue weighted by Gasteiger charge is -2.31. The summed E-state index contributed by atoms with van der Waals surface area (Å²) in [4.78, 5) is 6.62. The van der Waals surface area contributed by atoms with Crippen molar-refractivity contribution in [3.8, 4) is 0 Å². The molecule has 0 amide bonds. The number of pyridine rings is 1. The Morgan fingerprint density at radius 2 is 2.19 bits per heavy atom. The third kappa shape index (κ3) is 3.23. The molecule has 1 aliphatic rings. The maximum atomic E-state index is 10.1. The number of hydrogen-bond donors (Lipinski definition) is 1. The van der Waals surface area contributed by atoms with Gasteiger partial charge in [-0.15, -0.1) is 0 Å². The summed E-state index contributed by atoms with van der Waals surface area (Å²) >= 11 is 6.28. The quantitative estimate of drug-likeness (QED) is 0.944. The molecule has 2 heterocycles. The van der Waals surface area contributed by atoms with E-state index < -0.39 is 0 Å². The SMILES string of the molecule is CN(Cc1c(Cl)nc2ccccn12)CC1CCCCC1O. The summed E-state index contributed by atoms with van der Waals surface area (Å²) in [6.45, 7) is 1.64. The predicted molar refractivity (Wildman–Crippen MR) is 84.5 cm³/mol. The summed E-state index contributed by atoms with van der Waals surface area (Å²) in [5.41, 5.74) is 1.89. The average Bonchev–Trinajstić information content (AvgIpc) is 2.78. The van der Waals surface area contributed by atoms with Crippen LogP contribution in [0.5, 0.6) is 0 Å². The molecule has 3 rings (SSSR count). The number of rotatable bonds is 4. The molecule has 1 saturated carbocycles. The van der Waals surface area contributed by atoms with E-state index in [1.165, 1.54) is 6.42 Å². The fourth-order valence-electron chi connectivity index (χ4n) is 3.28. The van der Waals surface area contributed by atoms with Gasteiger partial charge in [-0.1, -0.05) is 30.5 Å². The lowest BCUT2D eigenvalue weighted by atomic mass is 9.86. The molecule has 2 aromatic rings. The van der Waals surface area contributed by atoms with E-state index in [-0.39, 0.29) is 6.10 Å². The van der Waals surface area contributed by atoms with Crippen molar-refractivity contribution < 1.29 is 5.11 Å². The molecular formula is C16H22ClN3O. The first-order valence-electron chi connectivity index (χ1n) is 7.63. The van der Waals surface area contributed by atoms with Gasteiger partial charge in [0.2, 0.25) is 0 Å². The summed E-state index contributed by atoms with van der Waals surface area (Å²) < 4.78 is 2.04. The van der Waals surface area contributed by atoms with Gasteiger partial charge in [0.1, 0.15) is 5.65 Å². The number of fused-ring (bicyclic) bond motifs is 1. The third-order valence-corrected chi connectivity index (χ3v) is 4.72.